The molecule has 1 unspecified atom stereocenters. The molecule has 1 aliphatic heterocycles. The van der Waals surface area contributed by atoms with Crippen molar-refractivity contribution in [3.63, 3.8) is 0 Å². The topological polar surface area (TPSA) is 29.3 Å². The van der Waals surface area contributed by atoms with Crippen LogP contribution >= 0.6 is 12.2 Å². The van der Waals surface area contributed by atoms with E-state index in [0.717, 1.165) is 6.42 Å². The highest BCUT2D eigenvalue weighted by Crippen LogP contribution is 2.44. The normalized spacial score (nSPS) is 26.9. The number of thiocarbonyl (C=S) groups is 1. The van der Waals surface area contributed by atoms with Crippen molar-refractivity contribution in [3.05, 3.63) is 0 Å². The van der Waals surface area contributed by atoms with Crippen LogP contribution in [0.1, 0.15) is 58.3 Å². The lowest BCUT2D eigenvalue weighted by Crippen LogP contribution is -2.45. The smallest absolute Gasteiger partial charge is 0.0742 e. The molecule has 2 rings (SSSR count). The van der Waals surface area contributed by atoms with Gasteiger partial charge in [0.2, 0.25) is 0 Å². The molecule has 3 heteroatoms. The van der Waals surface area contributed by atoms with E-state index in [9.17, 15) is 0 Å². The zero-order valence-electron chi connectivity index (χ0n) is 11.1. The molecule has 98 valence electrons. The highest BCUT2D eigenvalue weighted by molar-refractivity contribution is 7.80. The largest absolute Gasteiger partial charge is 0.393 e. The van der Waals surface area contributed by atoms with Crippen LogP contribution in [0.3, 0.4) is 0 Å². The maximum absolute atomic E-state index is 5.64. The number of nitrogens with zero attached hydrogens (tertiary/aromatic N) is 1. The Labute approximate surface area is 111 Å². The Bertz CT molecular complexity index is 261. The second kappa shape index (κ2) is 5.66. The third-order valence-electron chi connectivity index (χ3n) is 4.89. The fourth-order valence-corrected chi connectivity index (χ4v) is 3.90. The van der Waals surface area contributed by atoms with E-state index in [1.54, 1.807) is 0 Å². The molecular weight excluding hydrogens is 228 g/mol. The molecule has 2 nitrogen and oxygen atoms in total. The number of nitrogens with two attached hydrogens (primary N) is 1. The van der Waals surface area contributed by atoms with Gasteiger partial charge < -0.3 is 10.6 Å². The summed E-state index contributed by atoms with van der Waals surface area (Å²) in [7, 11) is 0. The van der Waals surface area contributed by atoms with Crippen molar-refractivity contribution in [2.75, 3.05) is 13.1 Å². The molecule has 2 N–H and O–H groups in total. The first-order valence-corrected chi connectivity index (χ1v) is 7.55. The fourth-order valence-electron chi connectivity index (χ4n) is 3.66. The van der Waals surface area contributed by atoms with Crippen molar-refractivity contribution in [1.82, 2.24) is 4.90 Å². The van der Waals surface area contributed by atoms with Gasteiger partial charge in [-0.1, -0.05) is 31.5 Å². The van der Waals surface area contributed by atoms with Crippen molar-refractivity contribution >= 4 is 17.2 Å². The van der Waals surface area contributed by atoms with Crippen LogP contribution in [0.25, 0.3) is 0 Å². The van der Waals surface area contributed by atoms with Gasteiger partial charge in [0.25, 0.3) is 0 Å². The predicted octanol–water partition coefficient (Wildman–Crippen LogP) is 3.10. The minimum absolute atomic E-state index is 0.536. The first kappa shape index (κ1) is 13.3. The Balaban J connectivity index is 1.82. The van der Waals surface area contributed by atoms with Gasteiger partial charge in [-0.3, -0.25) is 0 Å². The fraction of sp³-hybridized carbons (Fsp3) is 0.929. The lowest BCUT2D eigenvalue weighted by atomic mass is 9.68. The third-order valence-corrected chi connectivity index (χ3v) is 5.06. The summed E-state index contributed by atoms with van der Waals surface area (Å²) in [5, 5.41) is 0. The Morgan fingerprint density at radius 3 is 2.29 bits per heavy atom. The number of likely N-dealkylation sites (tertiary alicyclic amines) is 1. The molecule has 0 aromatic heterocycles. The summed E-state index contributed by atoms with van der Waals surface area (Å²) in [5.41, 5.74) is 6.35. The molecule has 1 saturated heterocycles. The summed E-state index contributed by atoms with van der Waals surface area (Å²) in [6.07, 6.45) is 11.0. The Hall–Kier alpha value is -0.150. The van der Waals surface area contributed by atoms with Gasteiger partial charge in [0.05, 0.1) is 4.99 Å². The summed E-state index contributed by atoms with van der Waals surface area (Å²) >= 11 is 5.01. The van der Waals surface area contributed by atoms with Crippen LogP contribution in [0, 0.1) is 5.41 Å². The zero-order valence-corrected chi connectivity index (χ0v) is 11.9. The van der Waals surface area contributed by atoms with E-state index in [-0.39, 0.29) is 0 Å². The highest BCUT2D eigenvalue weighted by Gasteiger charge is 2.36. The minimum Gasteiger partial charge on any atom is -0.393 e. The van der Waals surface area contributed by atoms with E-state index < -0.39 is 0 Å². The van der Waals surface area contributed by atoms with Crippen LogP contribution in [0.4, 0.5) is 0 Å². The summed E-state index contributed by atoms with van der Waals surface area (Å²) < 4.78 is 0. The molecule has 2 fully saturated rings. The molecule has 1 atom stereocenters. The second-order valence-electron chi connectivity index (χ2n) is 6.12. The molecule has 2 aliphatic rings. The van der Waals surface area contributed by atoms with Crippen LogP contribution < -0.4 is 5.73 Å². The molecule has 1 saturated carbocycles. The van der Waals surface area contributed by atoms with Crippen LogP contribution in [-0.4, -0.2) is 29.0 Å². The van der Waals surface area contributed by atoms with Crippen LogP contribution in [0.2, 0.25) is 0 Å². The highest BCUT2D eigenvalue weighted by atomic mass is 32.1. The van der Waals surface area contributed by atoms with E-state index in [1.165, 1.54) is 58.0 Å². The van der Waals surface area contributed by atoms with Crippen molar-refractivity contribution < 1.29 is 0 Å². The molecular formula is C14H26N2S. The summed E-state index contributed by atoms with van der Waals surface area (Å²) in [6, 6.07) is 0.536. The summed E-state index contributed by atoms with van der Waals surface area (Å²) in [5.74, 6) is 0. The Kier molecular flexibility index (Phi) is 4.42. The molecule has 0 amide bonds. The number of hydrogen-bond donors (Lipinski definition) is 1. The average molecular weight is 254 g/mol. The van der Waals surface area contributed by atoms with Gasteiger partial charge in [-0.2, -0.15) is 0 Å². The average Bonchev–Trinajstić information content (AvgIpc) is 2.30. The van der Waals surface area contributed by atoms with Gasteiger partial charge >= 0.3 is 0 Å². The van der Waals surface area contributed by atoms with Crippen LogP contribution in [0.5, 0.6) is 0 Å². The number of piperidine rings is 1. The van der Waals surface area contributed by atoms with Crippen LogP contribution in [0.15, 0.2) is 0 Å². The number of hydrogen-bond acceptors (Lipinski definition) is 2. The Morgan fingerprint density at radius 2 is 1.76 bits per heavy atom. The van der Waals surface area contributed by atoms with Gasteiger partial charge in [-0.05, 0) is 51.1 Å². The maximum Gasteiger partial charge on any atom is 0.0742 e. The summed E-state index contributed by atoms with van der Waals surface area (Å²) in [4.78, 5) is 3.24. The van der Waals surface area contributed by atoms with E-state index in [2.05, 4.69) is 11.8 Å². The second-order valence-corrected chi connectivity index (χ2v) is 6.64. The molecule has 1 aliphatic carbocycles. The standard InChI is InChI=1S/C14H26N2S/c1-12(11-13(15)17)16-9-7-14(8-10-16)5-3-2-4-6-14/h12H,2-11H2,1H3,(H2,15,17). The number of rotatable bonds is 3. The quantitative estimate of drug-likeness (QED) is 0.785. The third kappa shape index (κ3) is 3.41. The molecule has 1 spiro atoms. The maximum atomic E-state index is 5.64. The first-order chi connectivity index (χ1) is 8.11. The lowest BCUT2D eigenvalue weighted by molar-refractivity contribution is 0.0506. The zero-order chi connectivity index (χ0) is 12.3. The molecule has 1 heterocycles. The lowest BCUT2D eigenvalue weighted by Gasteiger charge is -2.46. The molecule has 0 bridgehead atoms. The van der Waals surface area contributed by atoms with E-state index >= 15 is 0 Å². The molecule has 0 aromatic carbocycles. The van der Waals surface area contributed by atoms with Gasteiger partial charge in [0.1, 0.15) is 0 Å². The van der Waals surface area contributed by atoms with Crippen molar-refractivity contribution in [2.24, 2.45) is 11.1 Å². The van der Waals surface area contributed by atoms with Crippen molar-refractivity contribution in [2.45, 2.75) is 64.3 Å². The summed E-state index contributed by atoms with van der Waals surface area (Å²) in [6.45, 7) is 4.77. The molecule has 0 radical (unpaired) electrons. The molecule has 17 heavy (non-hydrogen) atoms. The predicted molar refractivity (Wildman–Crippen MR) is 77.2 cm³/mol. The van der Waals surface area contributed by atoms with E-state index in [0.29, 0.717) is 16.4 Å². The van der Waals surface area contributed by atoms with Crippen LogP contribution in [-0.2, 0) is 0 Å². The monoisotopic (exact) mass is 254 g/mol. The Morgan fingerprint density at radius 1 is 1.18 bits per heavy atom. The van der Waals surface area contributed by atoms with E-state index in [1.807, 2.05) is 0 Å². The van der Waals surface area contributed by atoms with Gasteiger partial charge in [0, 0.05) is 12.5 Å². The SMILES string of the molecule is CC(CC(N)=S)N1CCC2(CCCCC2)CC1. The van der Waals surface area contributed by atoms with Gasteiger partial charge in [0.15, 0.2) is 0 Å². The molecule has 0 aromatic rings. The van der Waals surface area contributed by atoms with Gasteiger partial charge in [-0.15, -0.1) is 0 Å². The first-order valence-electron chi connectivity index (χ1n) is 7.14. The van der Waals surface area contributed by atoms with Crippen molar-refractivity contribution in [3.8, 4) is 0 Å². The van der Waals surface area contributed by atoms with Crippen molar-refractivity contribution in [1.29, 1.82) is 0 Å². The van der Waals surface area contributed by atoms with E-state index in [4.69, 9.17) is 18.0 Å². The van der Waals surface area contributed by atoms with Gasteiger partial charge in [-0.25, -0.2) is 0 Å². The minimum atomic E-state index is 0.536.